The van der Waals surface area contributed by atoms with Gasteiger partial charge in [0.15, 0.2) is 0 Å². The second-order valence-electron chi connectivity index (χ2n) is 4.35. The average molecular weight is 337 g/mol. The highest BCUT2D eigenvalue weighted by molar-refractivity contribution is 7.89. The van der Waals surface area contributed by atoms with Gasteiger partial charge in [-0.25, -0.2) is 4.83 Å². The van der Waals surface area contributed by atoms with Crippen LogP contribution in [0.25, 0.3) is 0 Å². The van der Waals surface area contributed by atoms with Crippen LogP contribution in [0.4, 0.5) is 5.69 Å². The second kappa shape index (κ2) is 6.32. The lowest BCUT2D eigenvalue weighted by Crippen LogP contribution is -2.18. The number of nitrogens with zero attached hydrogens (tertiary/aromatic N) is 2. The van der Waals surface area contributed by atoms with Gasteiger partial charge in [-0.15, -0.1) is 0 Å². The van der Waals surface area contributed by atoms with Crippen LogP contribution < -0.4 is 4.83 Å². The Morgan fingerprint density at radius 1 is 1.13 bits per heavy atom. The highest BCUT2D eigenvalue weighted by Crippen LogP contribution is 2.21. The maximum Gasteiger partial charge on any atom is 0.276 e. The Morgan fingerprint density at radius 3 is 2.35 bits per heavy atom. The van der Waals surface area contributed by atoms with Crippen LogP contribution >= 0.6 is 0 Å². The Morgan fingerprint density at radius 2 is 1.78 bits per heavy atom. The highest BCUT2D eigenvalue weighted by atomic mass is 32.2. The van der Waals surface area contributed by atoms with Crippen LogP contribution in [0.5, 0.6) is 11.5 Å². The molecular weight excluding hydrogens is 326 g/mol. The van der Waals surface area contributed by atoms with Gasteiger partial charge in [0, 0.05) is 23.8 Å². The minimum atomic E-state index is -4.00. The number of phenolic OH excluding ortho intramolecular Hbond substituents is 2. The number of hydrazone groups is 1. The molecule has 0 aliphatic heterocycles. The minimum absolute atomic E-state index is 0.147. The van der Waals surface area contributed by atoms with E-state index in [1.807, 2.05) is 4.83 Å². The van der Waals surface area contributed by atoms with Crippen molar-refractivity contribution in [3.05, 3.63) is 58.1 Å². The first-order chi connectivity index (χ1) is 10.8. The topological polar surface area (TPSA) is 142 Å². The summed E-state index contributed by atoms with van der Waals surface area (Å²) in [5, 5.41) is 32.7. The number of non-ortho nitro benzene ring substituents is 1. The fraction of sp³-hybridized carbons (Fsp3) is 0. The molecule has 0 fully saturated rings. The molecule has 0 unspecified atom stereocenters. The minimum Gasteiger partial charge on any atom is -0.508 e. The van der Waals surface area contributed by atoms with Crippen LogP contribution in [-0.4, -0.2) is 29.8 Å². The molecule has 23 heavy (non-hydrogen) atoms. The molecule has 0 aliphatic rings. The molecule has 3 N–H and O–H groups in total. The quantitative estimate of drug-likeness (QED) is 0.426. The van der Waals surface area contributed by atoms with Crippen LogP contribution in [0.15, 0.2) is 52.5 Å². The van der Waals surface area contributed by atoms with E-state index in [2.05, 4.69) is 5.10 Å². The lowest BCUT2D eigenvalue weighted by atomic mass is 10.2. The molecule has 0 amide bonds. The third-order valence-electron chi connectivity index (χ3n) is 2.75. The van der Waals surface area contributed by atoms with Gasteiger partial charge < -0.3 is 10.2 Å². The SMILES string of the molecule is O=[N+]([O-])c1ccc(S(=O)(=O)NN=Cc2ccc(O)cc2O)cc1. The summed E-state index contributed by atoms with van der Waals surface area (Å²) < 4.78 is 23.9. The second-order valence-corrected chi connectivity index (χ2v) is 6.01. The molecule has 0 aromatic heterocycles. The third-order valence-corrected chi connectivity index (χ3v) is 3.99. The van der Waals surface area contributed by atoms with Crippen molar-refractivity contribution in [1.29, 1.82) is 0 Å². The van der Waals surface area contributed by atoms with Gasteiger partial charge in [0.25, 0.3) is 15.7 Å². The molecule has 0 spiro atoms. The van der Waals surface area contributed by atoms with E-state index in [9.17, 15) is 23.6 Å². The number of nitro benzene ring substituents is 1. The van der Waals surface area contributed by atoms with E-state index in [0.29, 0.717) is 0 Å². The zero-order valence-corrected chi connectivity index (χ0v) is 12.3. The number of benzene rings is 2. The van der Waals surface area contributed by atoms with E-state index in [-0.39, 0.29) is 27.6 Å². The largest absolute Gasteiger partial charge is 0.508 e. The summed E-state index contributed by atoms with van der Waals surface area (Å²) in [6.07, 6.45) is 1.05. The predicted octanol–water partition coefficient (Wildman–Crippen LogP) is 1.32. The van der Waals surface area contributed by atoms with Gasteiger partial charge in [-0.2, -0.15) is 13.5 Å². The summed E-state index contributed by atoms with van der Waals surface area (Å²) in [7, 11) is -4.00. The Bertz CT molecular complexity index is 862. The Kier molecular flexibility index (Phi) is 4.46. The Labute approximate surface area is 130 Å². The molecule has 0 radical (unpaired) electrons. The summed E-state index contributed by atoms with van der Waals surface area (Å²) in [5.74, 6) is -0.422. The third kappa shape index (κ3) is 3.95. The van der Waals surface area contributed by atoms with Crippen molar-refractivity contribution in [2.45, 2.75) is 4.90 Å². The molecule has 2 rings (SSSR count). The highest BCUT2D eigenvalue weighted by Gasteiger charge is 2.14. The van der Waals surface area contributed by atoms with Crippen molar-refractivity contribution < 1.29 is 23.6 Å². The van der Waals surface area contributed by atoms with E-state index in [0.717, 1.165) is 36.5 Å². The fourth-order valence-electron chi connectivity index (χ4n) is 1.61. The monoisotopic (exact) mass is 337 g/mol. The first kappa shape index (κ1) is 16.2. The van der Waals surface area contributed by atoms with Gasteiger partial charge in [-0.1, -0.05) is 0 Å². The first-order valence-corrected chi connectivity index (χ1v) is 7.59. The van der Waals surface area contributed by atoms with Crippen LogP contribution in [0.3, 0.4) is 0 Å². The van der Waals surface area contributed by atoms with E-state index in [1.165, 1.54) is 12.1 Å². The van der Waals surface area contributed by atoms with Crippen molar-refractivity contribution in [2.75, 3.05) is 0 Å². The summed E-state index contributed by atoms with van der Waals surface area (Å²) in [5.41, 5.74) is -0.0457. The molecule has 2 aromatic carbocycles. The number of rotatable bonds is 5. The molecule has 120 valence electrons. The normalized spacial score (nSPS) is 11.5. The smallest absolute Gasteiger partial charge is 0.276 e. The van der Waals surface area contributed by atoms with E-state index in [1.54, 1.807) is 0 Å². The van der Waals surface area contributed by atoms with Gasteiger partial charge in [-0.3, -0.25) is 10.1 Å². The van der Waals surface area contributed by atoms with Gasteiger partial charge in [-0.05, 0) is 24.3 Å². The molecule has 0 heterocycles. The maximum absolute atomic E-state index is 11.9. The van der Waals surface area contributed by atoms with Gasteiger partial charge in [0.1, 0.15) is 11.5 Å². The van der Waals surface area contributed by atoms with Crippen molar-refractivity contribution in [3.8, 4) is 11.5 Å². The number of aromatic hydroxyl groups is 2. The molecule has 0 saturated heterocycles. The Hall–Kier alpha value is -3.14. The number of hydrogen-bond donors (Lipinski definition) is 3. The molecule has 0 atom stereocenters. The molecule has 2 aromatic rings. The lowest BCUT2D eigenvalue weighted by molar-refractivity contribution is -0.384. The standard InChI is InChI=1S/C13H11N3O6S/c17-11-4-1-9(13(18)7-11)8-14-15-23(21,22)12-5-2-10(3-6-12)16(19)20/h1-8,15,17-18H. The van der Waals surface area contributed by atoms with E-state index < -0.39 is 14.9 Å². The van der Waals surface area contributed by atoms with Crippen LogP contribution in [-0.2, 0) is 10.0 Å². The number of sulfonamides is 1. The lowest BCUT2D eigenvalue weighted by Gasteiger charge is -2.03. The van der Waals surface area contributed by atoms with Gasteiger partial charge >= 0.3 is 0 Å². The molecular formula is C13H11N3O6S. The number of nitro groups is 1. The molecule has 0 bridgehead atoms. The van der Waals surface area contributed by atoms with Crippen LogP contribution in [0, 0.1) is 10.1 Å². The number of phenols is 2. The average Bonchev–Trinajstić information content (AvgIpc) is 2.49. The van der Waals surface area contributed by atoms with E-state index in [4.69, 9.17) is 5.11 Å². The Balaban J connectivity index is 2.14. The summed E-state index contributed by atoms with van der Waals surface area (Å²) >= 11 is 0. The van der Waals surface area contributed by atoms with Crippen LogP contribution in [0.2, 0.25) is 0 Å². The van der Waals surface area contributed by atoms with E-state index >= 15 is 0 Å². The van der Waals surface area contributed by atoms with Gasteiger partial charge in [0.2, 0.25) is 0 Å². The van der Waals surface area contributed by atoms with Crippen molar-refractivity contribution >= 4 is 21.9 Å². The zero-order valence-electron chi connectivity index (χ0n) is 11.4. The molecule has 0 aliphatic carbocycles. The maximum atomic E-state index is 11.9. The van der Waals surface area contributed by atoms with Gasteiger partial charge in [0.05, 0.1) is 16.0 Å². The van der Waals surface area contributed by atoms with Crippen molar-refractivity contribution in [2.24, 2.45) is 5.10 Å². The number of hydrogen-bond acceptors (Lipinski definition) is 7. The zero-order chi connectivity index (χ0) is 17.0. The summed E-state index contributed by atoms with van der Waals surface area (Å²) in [6.45, 7) is 0. The summed E-state index contributed by atoms with van der Waals surface area (Å²) in [4.78, 5) is 11.6. The van der Waals surface area contributed by atoms with Crippen molar-refractivity contribution in [1.82, 2.24) is 4.83 Å². The first-order valence-electron chi connectivity index (χ1n) is 6.11. The number of nitrogens with one attached hydrogen (secondary N) is 1. The molecule has 0 saturated carbocycles. The summed E-state index contributed by atoms with van der Waals surface area (Å²) in [6, 6.07) is 7.99. The molecule has 10 heteroatoms. The fourth-order valence-corrected chi connectivity index (χ4v) is 2.40. The predicted molar refractivity (Wildman–Crippen MR) is 80.8 cm³/mol. The van der Waals surface area contributed by atoms with Crippen molar-refractivity contribution in [3.63, 3.8) is 0 Å². The van der Waals surface area contributed by atoms with Crippen LogP contribution in [0.1, 0.15) is 5.56 Å². The molecule has 9 nitrogen and oxygen atoms in total.